The van der Waals surface area contributed by atoms with Crippen LogP contribution in [0.25, 0.3) is 0 Å². The van der Waals surface area contributed by atoms with Crippen LogP contribution < -0.4 is 10.6 Å². The molecule has 0 saturated heterocycles. The summed E-state index contributed by atoms with van der Waals surface area (Å²) in [6.45, 7) is 4.03. The molecule has 5 nitrogen and oxygen atoms in total. The van der Waals surface area contributed by atoms with Crippen LogP contribution in [0.3, 0.4) is 0 Å². The van der Waals surface area contributed by atoms with Gasteiger partial charge < -0.3 is 15.1 Å². The standard InChI is InChI=1S/C27H24N2O3S/c1-18-9-6-14-23(19(18)2)29-27(31)25(20-10-4-3-5-11-20)33-22-13-7-12-21(17-22)28-26(30)24-15-8-16-32-24/h3-17,25H,1-2H3,(H,28,30)(H,29,31). The molecule has 4 aromatic rings. The Labute approximate surface area is 197 Å². The summed E-state index contributed by atoms with van der Waals surface area (Å²) in [5.41, 5.74) is 4.50. The van der Waals surface area contributed by atoms with Gasteiger partial charge in [-0.1, -0.05) is 48.5 Å². The van der Waals surface area contributed by atoms with Crippen LogP contribution in [0.15, 0.2) is 101 Å². The number of carbonyl (C=O) groups is 2. The van der Waals surface area contributed by atoms with Crippen LogP contribution in [-0.4, -0.2) is 11.8 Å². The predicted molar refractivity (Wildman–Crippen MR) is 133 cm³/mol. The minimum absolute atomic E-state index is 0.107. The molecule has 33 heavy (non-hydrogen) atoms. The van der Waals surface area contributed by atoms with Crippen LogP contribution in [-0.2, 0) is 4.79 Å². The average molecular weight is 457 g/mol. The van der Waals surface area contributed by atoms with Crippen LogP contribution in [0.2, 0.25) is 0 Å². The molecule has 6 heteroatoms. The number of amides is 2. The maximum atomic E-state index is 13.4. The Bertz CT molecular complexity index is 1250. The highest BCUT2D eigenvalue weighted by Gasteiger charge is 2.23. The third-order valence-corrected chi connectivity index (χ3v) is 6.54. The van der Waals surface area contributed by atoms with Crippen molar-refractivity contribution >= 4 is 35.0 Å². The van der Waals surface area contributed by atoms with Gasteiger partial charge in [0.1, 0.15) is 5.25 Å². The summed E-state index contributed by atoms with van der Waals surface area (Å²) in [6, 6.07) is 26.3. The lowest BCUT2D eigenvalue weighted by Crippen LogP contribution is -2.19. The summed E-state index contributed by atoms with van der Waals surface area (Å²) >= 11 is 1.43. The van der Waals surface area contributed by atoms with Gasteiger partial charge in [-0.2, -0.15) is 0 Å². The van der Waals surface area contributed by atoms with Gasteiger partial charge in [-0.15, -0.1) is 11.8 Å². The van der Waals surface area contributed by atoms with Crippen molar-refractivity contribution in [3.05, 3.63) is 114 Å². The van der Waals surface area contributed by atoms with Crippen molar-refractivity contribution in [3.63, 3.8) is 0 Å². The zero-order valence-corrected chi connectivity index (χ0v) is 19.2. The van der Waals surface area contributed by atoms with Crippen molar-refractivity contribution in [2.24, 2.45) is 0 Å². The van der Waals surface area contributed by atoms with E-state index in [0.29, 0.717) is 5.69 Å². The molecular weight excluding hydrogens is 432 g/mol. The van der Waals surface area contributed by atoms with Crippen LogP contribution in [0.5, 0.6) is 0 Å². The average Bonchev–Trinajstić information content (AvgIpc) is 3.37. The maximum absolute atomic E-state index is 13.4. The SMILES string of the molecule is Cc1cccc(NC(=O)C(Sc2cccc(NC(=O)c3ccco3)c2)c2ccccc2)c1C. The number of benzene rings is 3. The van der Waals surface area contributed by atoms with E-state index in [9.17, 15) is 9.59 Å². The van der Waals surface area contributed by atoms with Crippen molar-refractivity contribution in [1.29, 1.82) is 0 Å². The van der Waals surface area contributed by atoms with Gasteiger partial charge in [0.2, 0.25) is 5.91 Å². The molecule has 1 atom stereocenters. The van der Waals surface area contributed by atoms with E-state index < -0.39 is 5.25 Å². The topological polar surface area (TPSA) is 71.3 Å². The fourth-order valence-electron chi connectivity index (χ4n) is 3.37. The number of thioether (sulfide) groups is 1. The highest BCUT2D eigenvalue weighted by Crippen LogP contribution is 2.37. The number of aryl methyl sites for hydroxylation is 1. The lowest BCUT2D eigenvalue weighted by molar-refractivity contribution is -0.115. The van der Waals surface area contributed by atoms with Crippen LogP contribution in [0.4, 0.5) is 11.4 Å². The molecule has 1 aromatic heterocycles. The van der Waals surface area contributed by atoms with Crippen molar-refractivity contribution in [2.75, 3.05) is 10.6 Å². The minimum Gasteiger partial charge on any atom is -0.459 e. The van der Waals surface area contributed by atoms with E-state index in [4.69, 9.17) is 4.42 Å². The zero-order valence-electron chi connectivity index (χ0n) is 18.4. The summed E-state index contributed by atoms with van der Waals surface area (Å²) in [4.78, 5) is 26.6. The van der Waals surface area contributed by atoms with Crippen LogP contribution in [0, 0.1) is 13.8 Å². The Morgan fingerprint density at radius 2 is 1.64 bits per heavy atom. The van der Waals surface area contributed by atoms with E-state index in [1.807, 2.05) is 80.6 Å². The van der Waals surface area contributed by atoms with Gasteiger partial charge in [0, 0.05) is 16.3 Å². The number of carbonyl (C=O) groups excluding carboxylic acids is 2. The number of hydrogen-bond acceptors (Lipinski definition) is 4. The van der Waals surface area contributed by atoms with Gasteiger partial charge in [-0.3, -0.25) is 9.59 Å². The quantitative estimate of drug-likeness (QED) is 0.307. The van der Waals surface area contributed by atoms with E-state index in [0.717, 1.165) is 27.3 Å². The number of hydrogen-bond donors (Lipinski definition) is 2. The number of nitrogens with one attached hydrogen (secondary N) is 2. The van der Waals surface area contributed by atoms with Crippen LogP contribution >= 0.6 is 11.8 Å². The first-order chi connectivity index (χ1) is 16.0. The van der Waals surface area contributed by atoms with Crippen molar-refractivity contribution in [1.82, 2.24) is 0 Å². The van der Waals surface area contributed by atoms with Gasteiger partial charge in [0.05, 0.1) is 6.26 Å². The second-order valence-electron chi connectivity index (χ2n) is 7.60. The van der Waals surface area contributed by atoms with E-state index >= 15 is 0 Å². The molecule has 0 spiro atoms. The molecule has 166 valence electrons. The molecule has 0 bridgehead atoms. The molecule has 3 aromatic carbocycles. The Morgan fingerprint density at radius 3 is 2.39 bits per heavy atom. The molecule has 0 fully saturated rings. The Kier molecular flexibility index (Phi) is 6.95. The Hall–Kier alpha value is -3.77. The van der Waals surface area contributed by atoms with Gasteiger partial charge in [-0.25, -0.2) is 0 Å². The summed E-state index contributed by atoms with van der Waals surface area (Å²) < 4.78 is 5.16. The highest BCUT2D eigenvalue weighted by molar-refractivity contribution is 8.00. The molecule has 0 saturated carbocycles. The van der Waals surface area contributed by atoms with Gasteiger partial charge >= 0.3 is 0 Å². The minimum atomic E-state index is -0.470. The van der Waals surface area contributed by atoms with Crippen molar-refractivity contribution < 1.29 is 14.0 Å². The Balaban J connectivity index is 1.56. The second kappa shape index (κ2) is 10.2. The van der Waals surface area contributed by atoms with E-state index in [-0.39, 0.29) is 17.6 Å². The highest BCUT2D eigenvalue weighted by atomic mass is 32.2. The molecule has 0 aliphatic heterocycles. The summed E-state index contributed by atoms with van der Waals surface area (Å²) in [5, 5.41) is 5.46. The lowest BCUT2D eigenvalue weighted by Gasteiger charge is -2.19. The smallest absolute Gasteiger partial charge is 0.291 e. The zero-order chi connectivity index (χ0) is 23.2. The first-order valence-electron chi connectivity index (χ1n) is 10.5. The molecule has 0 aliphatic carbocycles. The maximum Gasteiger partial charge on any atom is 0.291 e. The third-order valence-electron chi connectivity index (χ3n) is 5.29. The second-order valence-corrected chi connectivity index (χ2v) is 8.78. The predicted octanol–water partition coefficient (Wildman–Crippen LogP) is 6.62. The fourth-order valence-corrected chi connectivity index (χ4v) is 4.45. The molecule has 2 N–H and O–H groups in total. The van der Waals surface area contributed by atoms with Crippen molar-refractivity contribution in [3.8, 4) is 0 Å². The fraction of sp³-hybridized carbons (Fsp3) is 0.111. The van der Waals surface area contributed by atoms with Gasteiger partial charge in [0.25, 0.3) is 5.91 Å². The van der Waals surface area contributed by atoms with Gasteiger partial charge in [0.15, 0.2) is 5.76 Å². The molecular formula is C27H24N2O3S. The molecule has 0 radical (unpaired) electrons. The molecule has 4 rings (SSSR count). The number of rotatable bonds is 7. The van der Waals surface area contributed by atoms with Crippen molar-refractivity contribution in [2.45, 2.75) is 24.0 Å². The van der Waals surface area contributed by atoms with Crippen LogP contribution in [0.1, 0.15) is 32.5 Å². The van der Waals surface area contributed by atoms with E-state index in [2.05, 4.69) is 10.6 Å². The molecule has 0 aliphatic rings. The van der Waals surface area contributed by atoms with E-state index in [1.54, 1.807) is 18.2 Å². The third kappa shape index (κ3) is 5.54. The monoisotopic (exact) mass is 456 g/mol. The number of furan rings is 1. The lowest BCUT2D eigenvalue weighted by atomic mass is 10.1. The summed E-state index contributed by atoms with van der Waals surface area (Å²) in [7, 11) is 0. The first kappa shape index (κ1) is 22.4. The largest absolute Gasteiger partial charge is 0.459 e. The van der Waals surface area contributed by atoms with Gasteiger partial charge in [-0.05, 0) is 66.9 Å². The normalized spacial score (nSPS) is 11.6. The molecule has 1 unspecified atom stereocenters. The summed E-state index contributed by atoms with van der Waals surface area (Å²) in [5.74, 6) is -0.192. The Morgan fingerprint density at radius 1 is 0.848 bits per heavy atom. The first-order valence-corrected chi connectivity index (χ1v) is 11.4. The van der Waals surface area contributed by atoms with E-state index in [1.165, 1.54) is 18.0 Å². The molecule has 1 heterocycles. The number of anilines is 2. The molecule has 2 amide bonds. The summed E-state index contributed by atoms with van der Waals surface area (Å²) in [6.07, 6.45) is 1.46.